The van der Waals surface area contributed by atoms with Gasteiger partial charge in [0.1, 0.15) is 29.4 Å². The van der Waals surface area contributed by atoms with Crippen LogP contribution in [-0.2, 0) is 11.8 Å². The number of carboxylic acid groups (broad SMARTS) is 1. The Morgan fingerprint density at radius 3 is 2.57 bits per heavy atom. The summed E-state index contributed by atoms with van der Waals surface area (Å²) >= 11 is 5.93. The van der Waals surface area contributed by atoms with Crippen molar-refractivity contribution in [2.24, 2.45) is 7.05 Å². The van der Waals surface area contributed by atoms with E-state index in [1.165, 1.54) is 23.7 Å². The number of ether oxygens (including phenoxy) is 1. The first-order chi connectivity index (χ1) is 13.3. The molecule has 3 N–H and O–H groups in total. The number of hydrogen-bond acceptors (Lipinski definition) is 5. The summed E-state index contributed by atoms with van der Waals surface area (Å²) in [4.78, 5) is 35.3. The van der Waals surface area contributed by atoms with Crippen molar-refractivity contribution < 1.29 is 24.5 Å². The number of aryl methyl sites for hydroxylation is 1. The predicted molar refractivity (Wildman–Crippen MR) is 102 cm³/mol. The van der Waals surface area contributed by atoms with E-state index in [4.69, 9.17) is 21.4 Å². The minimum Gasteiger partial charge on any atom is -0.506 e. The Labute approximate surface area is 163 Å². The standard InChI is InChI=1S/C19H15ClN2O6/c1-22-14-8-12(28-11-4-2-3-10(20)7-11)5-6-13(14)17(25)16(19(22)27)18(26)21-9-15(23)24/h2-8,25H,9H2,1H3,(H,21,26)(H,23,24). The molecule has 0 saturated carbocycles. The molecule has 0 spiro atoms. The van der Waals surface area contributed by atoms with Gasteiger partial charge in [-0.2, -0.15) is 0 Å². The summed E-state index contributed by atoms with van der Waals surface area (Å²) in [6, 6.07) is 11.4. The second-order valence-electron chi connectivity index (χ2n) is 5.90. The number of carbonyl (C=O) groups is 2. The molecule has 0 aliphatic heterocycles. The zero-order valence-electron chi connectivity index (χ0n) is 14.6. The van der Waals surface area contributed by atoms with E-state index < -0.39 is 35.3 Å². The van der Waals surface area contributed by atoms with Gasteiger partial charge in [-0.15, -0.1) is 0 Å². The largest absolute Gasteiger partial charge is 0.506 e. The van der Waals surface area contributed by atoms with Gasteiger partial charge in [0.05, 0.1) is 5.52 Å². The Balaban J connectivity index is 2.04. The van der Waals surface area contributed by atoms with Gasteiger partial charge in [0.15, 0.2) is 0 Å². The molecule has 2 aromatic carbocycles. The fourth-order valence-electron chi connectivity index (χ4n) is 2.68. The normalized spacial score (nSPS) is 10.6. The van der Waals surface area contributed by atoms with Crippen LogP contribution >= 0.6 is 11.6 Å². The van der Waals surface area contributed by atoms with E-state index in [9.17, 15) is 19.5 Å². The highest BCUT2D eigenvalue weighted by Gasteiger charge is 2.21. The van der Waals surface area contributed by atoms with Crippen LogP contribution in [0.4, 0.5) is 0 Å². The number of aromatic hydroxyl groups is 1. The number of carboxylic acids is 1. The maximum Gasteiger partial charge on any atom is 0.322 e. The Morgan fingerprint density at radius 1 is 1.18 bits per heavy atom. The van der Waals surface area contributed by atoms with E-state index in [2.05, 4.69) is 5.32 Å². The molecule has 0 bridgehead atoms. The van der Waals surface area contributed by atoms with Gasteiger partial charge in [0.25, 0.3) is 11.5 Å². The Hall–Kier alpha value is -3.52. The van der Waals surface area contributed by atoms with Crippen molar-refractivity contribution in [3.05, 3.63) is 63.4 Å². The van der Waals surface area contributed by atoms with E-state index in [0.717, 1.165) is 0 Å². The fraction of sp³-hybridized carbons (Fsp3) is 0.105. The third-order valence-corrected chi connectivity index (χ3v) is 4.24. The van der Waals surface area contributed by atoms with Crippen LogP contribution in [0.15, 0.2) is 47.3 Å². The zero-order valence-corrected chi connectivity index (χ0v) is 15.4. The van der Waals surface area contributed by atoms with E-state index in [1.54, 1.807) is 30.3 Å². The van der Waals surface area contributed by atoms with Crippen molar-refractivity contribution in [1.82, 2.24) is 9.88 Å². The number of nitrogens with one attached hydrogen (secondary N) is 1. The zero-order chi connectivity index (χ0) is 20.4. The molecule has 1 amide bonds. The topological polar surface area (TPSA) is 118 Å². The number of aromatic nitrogens is 1. The Bertz CT molecular complexity index is 1160. The van der Waals surface area contributed by atoms with Gasteiger partial charge in [-0.1, -0.05) is 17.7 Å². The van der Waals surface area contributed by atoms with Gasteiger partial charge in [-0.05, 0) is 30.3 Å². The van der Waals surface area contributed by atoms with Crippen LogP contribution in [0.1, 0.15) is 10.4 Å². The second-order valence-corrected chi connectivity index (χ2v) is 6.34. The summed E-state index contributed by atoms with van der Waals surface area (Å²) in [5.74, 6) is -1.89. The lowest BCUT2D eigenvalue weighted by Gasteiger charge is -2.13. The Morgan fingerprint density at radius 2 is 1.89 bits per heavy atom. The molecule has 0 aliphatic rings. The molecule has 9 heteroatoms. The minimum absolute atomic E-state index is 0.237. The van der Waals surface area contributed by atoms with Crippen molar-refractivity contribution in [2.75, 3.05) is 6.54 Å². The molecule has 0 unspecified atom stereocenters. The highest BCUT2D eigenvalue weighted by molar-refractivity contribution is 6.30. The van der Waals surface area contributed by atoms with Gasteiger partial charge in [0, 0.05) is 23.5 Å². The van der Waals surface area contributed by atoms with E-state index in [-0.39, 0.29) is 5.39 Å². The molecule has 0 fully saturated rings. The quantitative estimate of drug-likeness (QED) is 0.603. The maximum atomic E-state index is 12.5. The molecule has 28 heavy (non-hydrogen) atoms. The lowest BCUT2D eigenvalue weighted by atomic mass is 10.1. The summed E-state index contributed by atoms with van der Waals surface area (Å²) in [7, 11) is 1.43. The number of carbonyl (C=O) groups excluding carboxylic acids is 1. The Kier molecular flexibility index (Phi) is 5.23. The minimum atomic E-state index is -1.27. The monoisotopic (exact) mass is 402 g/mol. The van der Waals surface area contributed by atoms with Crippen LogP contribution in [0.3, 0.4) is 0 Å². The van der Waals surface area contributed by atoms with Crippen LogP contribution in [0, 0.1) is 0 Å². The highest BCUT2D eigenvalue weighted by atomic mass is 35.5. The predicted octanol–water partition coefficient (Wildman–Crippen LogP) is 2.50. The number of hydrogen-bond donors (Lipinski definition) is 3. The SMILES string of the molecule is Cn1c(=O)c(C(=O)NCC(=O)O)c(O)c2ccc(Oc3cccc(Cl)c3)cc21. The summed E-state index contributed by atoms with van der Waals surface area (Å²) in [5.41, 5.74) is -0.968. The third-order valence-electron chi connectivity index (χ3n) is 4.00. The third kappa shape index (κ3) is 3.77. The summed E-state index contributed by atoms with van der Waals surface area (Å²) in [6.07, 6.45) is 0. The van der Waals surface area contributed by atoms with E-state index in [0.29, 0.717) is 22.0 Å². The van der Waals surface area contributed by atoms with Gasteiger partial charge in [-0.25, -0.2) is 0 Å². The first-order valence-corrected chi connectivity index (χ1v) is 8.45. The molecule has 0 radical (unpaired) electrons. The average Bonchev–Trinajstić information content (AvgIpc) is 2.64. The summed E-state index contributed by atoms with van der Waals surface area (Å²) in [5, 5.41) is 21.9. The number of aliphatic carboxylic acids is 1. The van der Waals surface area contributed by atoms with Crippen LogP contribution in [-0.4, -0.2) is 33.2 Å². The smallest absolute Gasteiger partial charge is 0.322 e. The average molecular weight is 403 g/mol. The van der Waals surface area contributed by atoms with E-state index in [1.807, 2.05) is 0 Å². The molecule has 1 aromatic heterocycles. The molecule has 8 nitrogen and oxygen atoms in total. The molecule has 0 atom stereocenters. The second kappa shape index (κ2) is 7.61. The number of amides is 1. The van der Waals surface area contributed by atoms with Crippen LogP contribution in [0.25, 0.3) is 10.9 Å². The molecule has 0 saturated heterocycles. The molecule has 3 aromatic rings. The molecule has 1 heterocycles. The number of nitrogens with zero attached hydrogens (tertiary/aromatic N) is 1. The molecule has 3 rings (SSSR count). The van der Waals surface area contributed by atoms with Gasteiger partial charge < -0.3 is 24.8 Å². The number of halogens is 1. The summed E-state index contributed by atoms with van der Waals surface area (Å²) in [6.45, 7) is -0.675. The summed E-state index contributed by atoms with van der Waals surface area (Å²) < 4.78 is 6.89. The van der Waals surface area contributed by atoms with Gasteiger partial charge in [0.2, 0.25) is 0 Å². The number of pyridine rings is 1. The fourth-order valence-corrected chi connectivity index (χ4v) is 2.86. The first kappa shape index (κ1) is 19.2. The van der Waals surface area contributed by atoms with Crippen molar-refractivity contribution in [3.63, 3.8) is 0 Å². The van der Waals surface area contributed by atoms with E-state index >= 15 is 0 Å². The number of fused-ring (bicyclic) bond motifs is 1. The number of benzene rings is 2. The van der Waals surface area contributed by atoms with Crippen LogP contribution in [0.2, 0.25) is 5.02 Å². The van der Waals surface area contributed by atoms with Gasteiger partial charge in [-0.3, -0.25) is 14.4 Å². The van der Waals surface area contributed by atoms with Crippen molar-refractivity contribution in [3.8, 4) is 17.2 Å². The highest BCUT2D eigenvalue weighted by Crippen LogP contribution is 2.31. The van der Waals surface area contributed by atoms with Crippen molar-refractivity contribution in [2.45, 2.75) is 0 Å². The van der Waals surface area contributed by atoms with Crippen molar-refractivity contribution >= 4 is 34.4 Å². The first-order valence-electron chi connectivity index (χ1n) is 8.07. The molecular weight excluding hydrogens is 388 g/mol. The van der Waals surface area contributed by atoms with Gasteiger partial charge >= 0.3 is 5.97 Å². The maximum absolute atomic E-state index is 12.5. The molecule has 0 aliphatic carbocycles. The van der Waals surface area contributed by atoms with Crippen LogP contribution in [0.5, 0.6) is 17.2 Å². The lowest BCUT2D eigenvalue weighted by molar-refractivity contribution is -0.135. The molecular formula is C19H15ClN2O6. The molecule has 144 valence electrons. The number of rotatable bonds is 5. The van der Waals surface area contributed by atoms with Crippen LogP contribution < -0.4 is 15.6 Å². The van der Waals surface area contributed by atoms with Crippen molar-refractivity contribution in [1.29, 1.82) is 0 Å². The lowest BCUT2D eigenvalue weighted by Crippen LogP contribution is -2.35.